The normalized spacial score (nSPS) is 38.0. The van der Waals surface area contributed by atoms with Crippen LogP contribution in [0, 0.1) is 11.3 Å². The van der Waals surface area contributed by atoms with Crippen molar-refractivity contribution in [1.82, 2.24) is 5.32 Å². The maximum absolute atomic E-state index is 5.45. The summed E-state index contributed by atoms with van der Waals surface area (Å²) >= 11 is 0. The van der Waals surface area contributed by atoms with E-state index in [9.17, 15) is 0 Å². The molecule has 2 saturated carbocycles. The van der Waals surface area contributed by atoms with Gasteiger partial charge in [-0.15, -0.1) is 0 Å². The second kappa shape index (κ2) is 5.92. The Morgan fingerprint density at radius 1 is 0.889 bits per heavy atom. The first-order chi connectivity index (χ1) is 8.49. The Hall–Kier alpha value is -0.0800. The molecule has 2 atom stereocenters. The van der Waals surface area contributed by atoms with Gasteiger partial charge in [-0.25, -0.2) is 0 Å². The molecule has 2 aliphatic carbocycles. The Morgan fingerprint density at radius 2 is 1.50 bits per heavy atom. The molecule has 2 nitrogen and oxygen atoms in total. The van der Waals surface area contributed by atoms with Gasteiger partial charge in [0.15, 0.2) is 0 Å². The van der Waals surface area contributed by atoms with Crippen molar-refractivity contribution in [2.45, 2.75) is 83.9 Å². The van der Waals surface area contributed by atoms with E-state index < -0.39 is 0 Å². The summed E-state index contributed by atoms with van der Waals surface area (Å²) in [5.41, 5.74) is 0.499. The monoisotopic (exact) mass is 253 g/mol. The van der Waals surface area contributed by atoms with Crippen LogP contribution in [-0.2, 0) is 4.74 Å². The highest BCUT2D eigenvalue weighted by atomic mass is 16.5. The predicted molar refractivity (Wildman–Crippen MR) is 76.8 cm³/mol. The Kier molecular flexibility index (Phi) is 4.71. The zero-order chi connectivity index (χ0) is 13.2. The van der Waals surface area contributed by atoms with E-state index in [1.165, 1.54) is 44.9 Å². The van der Waals surface area contributed by atoms with Crippen molar-refractivity contribution in [1.29, 1.82) is 0 Å². The molecule has 0 radical (unpaired) electrons. The summed E-state index contributed by atoms with van der Waals surface area (Å²) in [5, 5.41) is 3.87. The van der Waals surface area contributed by atoms with Gasteiger partial charge in [0.25, 0.3) is 0 Å². The maximum atomic E-state index is 5.45. The average molecular weight is 253 g/mol. The fourth-order valence-corrected chi connectivity index (χ4v) is 3.77. The van der Waals surface area contributed by atoms with E-state index in [0.29, 0.717) is 17.6 Å². The maximum Gasteiger partial charge on any atom is 0.0586 e. The molecule has 1 N–H and O–H groups in total. The van der Waals surface area contributed by atoms with E-state index in [1.54, 1.807) is 0 Å². The molecular weight excluding hydrogens is 222 g/mol. The first-order valence-electron chi connectivity index (χ1n) is 7.78. The van der Waals surface area contributed by atoms with Crippen LogP contribution in [0.1, 0.15) is 65.7 Å². The minimum absolute atomic E-state index is 0.499. The Balaban J connectivity index is 1.71. The molecule has 0 spiro atoms. The zero-order valence-electron chi connectivity index (χ0n) is 12.7. The lowest BCUT2D eigenvalue weighted by Gasteiger charge is -2.38. The summed E-state index contributed by atoms with van der Waals surface area (Å²) in [6.07, 6.45) is 9.82. The van der Waals surface area contributed by atoms with Crippen LogP contribution in [0.2, 0.25) is 0 Å². The van der Waals surface area contributed by atoms with Gasteiger partial charge in [-0.1, -0.05) is 20.8 Å². The van der Waals surface area contributed by atoms with Crippen LogP contribution in [0.4, 0.5) is 0 Å². The molecule has 0 amide bonds. The highest BCUT2D eigenvalue weighted by Gasteiger charge is 2.32. The van der Waals surface area contributed by atoms with Crippen molar-refractivity contribution in [3.63, 3.8) is 0 Å². The average Bonchev–Trinajstić information content (AvgIpc) is 2.76. The molecule has 0 saturated heterocycles. The number of nitrogens with one attached hydrogen (secondary N) is 1. The standard InChI is InChI=1S/C16H31NO/c1-16(2,3)12-5-7-13(8-6-12)17-14-9-10-15(11-14)18-4/h12-15,17H,5-11H2,1-4H3. The number of ether oxygens (including phenoxy) is 1. The van der Waals surface area contributed by atoms with Crippen LogP contribution < -0.4 is 5.32 Å². The summed E-state index contributed by atoms with van der Waals surface area (Å²) in [6, 6.07) is 1.48. The molecular formula is C16H31NO. The summed E-state index contributed by atoms with van der Waals surface area (Å²) in [6.45, 7) is 7.18. The summed E-state index contributed by atoms with van der Waals surface area (Å²) in [5.74, 6) is 0.922. The van der Waals surface area contributed by atoms with Crippen molar-refractivity contribution < 1.29 is 4.74 Å². The van der Waals surface area contributed by atoms with E-state index in [4.69, 9.17) is 4.74 Å². The summed E-state index contributed by atoms with van der Waals surface area (Å²) < 4.78 is 5.45. The van der Waals surface area contributed by atoms with Gasteiger partial charge in [-0.05, 0) is 56.3 Å². The van der Waals surface area contributed by atoms with Crippen LogP contribution in [0.3, 0.4) is 0 Å². The fraction of sp³-hybridized carbons (Fsp3) is 1.00. The molecule has 18 heavy (non-hydrogen) atoms. The lowest BCUT2D eigenvalue weighted by atomic mass is 9.71. The van der Waals surface area contributed by atoms with Gasteiger partial charge in [0.1, 0.15) is 0 Å². The van der Waals surface area contributed by atoms with Crippen LogP contribution in [-0.4, -0.2) is 25.3 Å². The minimum Gasteiger partial charge on any atom is -0.381 e. The zero-order valence-corrected chi connectivity index (χ0v) is 12.7. The molecule has 0 aromatic heterocycles. The molecule has 2 fully saturated rings. The second-order valence-corrected chi connectivity index (χ2v) is 7.45. The molecule has 0 aromatic rings. The third-order valence-corrected chi connectivity index (χ3v) is 5.14. The van der Waals surface area contributed by atoms with Crippen LogP contribution >= 0.6 is 0 Å². The van der Waals surface area contributed by atoms with Crippen LogP contribution in [0.25, 0.3) is 0 Å². The van der Waals surface area contributed by atoms with Crippen molar-refractivity contribution >= 4 is 0 Å². The largest absolute Gasteiger partial charge is 0.381 e. The lowest BCUT2D eigenvalue weighted by molar-refractivity contribution is 0.105. The highest BCUT2D eigenvalue weighted by Crippen LogP contribution is 2.38. The first kappa shape index (κ1) is 14.3. The van der Waals surface area contributed by atoms with Gasteiger partial charge in [-0.2, -0.15) is 0 Å². The number of methoxy groups -OCH3 is 1. The van der Waals surface area contributed by atoms with Gasteiger partial charge in [-0.3, -0.25) is 0 Å². The van der Waals surface area contributed by atoms with Crippen LogP contribution in [0.15, 0.2) is 0 Å². The molecule has 2 heteroatoms. The minimum atomic E-state index is 0.499. The number of hydrogen-bond acceptors (Lipinski definition) is 2. The van der Waals surface area contributed by atoms with Crippen molar-refractivity contribution in [2.24, 2.45) is 11.3 Å². The number of rotatable bonds is 3. The topological polar surface area (TPSA) is 21.3 Å². The molecule has 106 valence electrons. The van der Waals surface area contributed by atoms with Crippen molar-refractivity contribution in [3.8, 4) is 0 Å². The fourth-order valence-electron chi connectivity index (χ4n) is 3.77. The third-order valence-electron chi connectivity index (χ3n) is 5.14. The van der Waals surface area contributed by atoms with Gasteiger partial charge in [0.05, 0.1) is 6.10 Å². The van der Waals surface area contributed by atoms with Crippen molar-refractivity contribution in [2.75, 3.05) is 7.11 Å². The first-order valence-corrected chi connectivity index (χ1v) is 7.78. The Morgan fingerprint density at radius 3 is 2.00 bits per heavy atom. The van der Waals surface area contributed by atoms with E-state index >= 15 is 0 Å². The number of hydrogen-bond donors (Lipinski definition) is 1. The lowest BCUT2D eigenvalue weighted by Crippen LogP contribution is -2.41. The van der Waals surface area contributed by atoms with Crippen molar-refractivity contribution in [3.05, 3.63) is 0 Å². The molecule has 0 aliphatic heterocycles. The van der Waals surface area contributed by atoms with Gasteiger partial charge >= 0.3 is 0 Å². The molecule has 2 aliphatic rings. The third kappa shape index (κ3) is 3.71. The SMILES string of the molecule is COC1CCC(NC2CCC(C(C)(C)C)CC2)C1. The highest BCUT2D eigenvalue weighted by molar-refractivity contribution is 4.88. The summed E-state index contributed by atoms with van der Waals surface area (Å²) in [7, 11) is 1.85. The quantitative estimate of drug-likeness (QED) is 0.827. The van der Waals surface area contributed by atoms with E-state index in [1.807, 2.05) is 7.11 Å². The van der Waals surface area contributed by atoms with Gasteiger partial charge in [0.2, 0.25) is 0 Å². The second-order valence-electron chi connectivity index (χ2n) is 7.45. The van der Waals surface area contributed by atoms with Gasteiger partial charge in [0, 0.05) is 19.2 Å². The molecule has 2 rings (SSSR count). The van der Waals surface area contributed by atoms with E-state index in [-0.39, 0.29) is 0 Å². The molecule has 2 unspecified atom stereocenters. The Bertz CT molecular complexity index is 250. The Labute approximate surface area is 113 Å². The predicted octanol–water partition coefficient (Wildman–Crippen LogP) is 3.75. The summed E-state index contributed by atoms with van der Waals surface area (Å²) in [4.78, 5) is 0. The molecule has 0 bridgehead atoms. The smallest absolute Gasteiger partial charge is 0.0586 e. The van der Waals surface area contributed by atoms with Gasteiger partial charge < -0.3 is 10.1 Å². The molecule has 0 heterocycles. The molecule has 0 aromatic carbocycles. The van der Waals surface area contributed by atoms with Crippen LogP contribution in [0.5, 0.6) is 0 Å². The van der Waals surface area contributed by atoms with E-state index in [0.717, 1.165) is 12.0 Å². The van der Waals surface area contributed by atoms with E-state index in [2.05, 4.69) is 26.1 Å².